The first-order valence-electron chi connectivity index (χ1n) is 11.5. The second-order valence-corrected chi connectivity index (χ2v) is 11.1. The van der Waals surface area contributed by atoms with E-state index >= 15 is 0 Å². The molecule has 4 rings (SSSR count). The van der Waals surface area contributed by atoms with Crippen LogP contribution in [-0.2, 0) is 14.8 Å². The second-order valence-electron chi connectivity index (χ2n) is 8.27. The zero-order chi connectivity index (χ0) is 25.7. The van der Waals surface area contributed by atoms with Gasteiger partial charge in [-0.05, 0) is 68.3 Å². The average molecular weight is 549 g/mol. The van der Waals surface area contributed by atoms with Gasteiger partial charge in [0.05, 0.1) is 28.1 Å². The summed E-state index contributed by atoms with van der Waals surface area (Å²) in [5.41, 5.74) is 0.412. The SMILES string of the molecule is CCOc1ccc(S(=O)(=O)N2CCC[C@@H](C(=O)Nc3cc(Cl)ccc3Oc3ccccc3)C2)cc1Cl. The Balaban J connectivity index is 1.49. The number of ether oxygens (including phenoxy) is 2. The Morgan fingerprint density at radius 1 is 1.06 bits per heavy atom. The van der Waals surface area contributed by atoms with Crippen molar-refractivity contribution < 1.29 is 22.7 Å². The first-order valence-corrected chi connectivity index (χ1v) is 13.7. The maximum absolute atomic E-state index is 13.3. The van der Waals surface area contributed by atoms with Crippen molar-refractivity contribution in [2.24, 2.45) is 5.92 Å². The van der Waals surface area contributed by atoms with Gasteiger partial charge < -0.3 is 14.8 Å². The maximum atomic E-state index is 13.3. The fourth-order valence-electron chi connectivity index (χ4n) is 3.98. The third kappa shape index (κ3) is 6.13. The fraction of sp³-hybridized carbons (Fsp3) is 0.269. The summed E-state index contributed by atoms with van der Waals surface area (Å²) in [6, 6.07) is 18.5. The fourth-order valence-corrected chi connectivity index (χ4v) is 6.00. The summed E-state index contributed by atoms with van der Waals surface area (Å²) in [6.07, 6.45) is 1.10. The highest BCUT2D eigenvalue weighted by molar-refractivity contribution is 7.89. The minimum absolute atomic E-state index is 0.0500. The highest BCUT2D eigenvalue weighted by Crippen LogP contribution is 2.34. The first-order chi connectivity index (χ1) is 17.3. The van der Waals surface area contributed by atoms with Crippen LogP contribution in [0.5, 0.6) is 17.2 Å². The minimum atomic E-state index is -3.84. The van der Waals surface area contributed by atoms with Crippen molar-refractivity contribution in [1.29, 1.82) is 0 Å². The Bertz CT molecular complexity index is 1340. The number of para-hydroxylation sites is 1. The number of hydrogen-bond donors (Lipinski definition) is 1. The number of amides is 1. The van der Waals surface area contributed by atoms with E-state index in [9.17, 15) is 13.2 Å². The molecule has 1 aliphatic heterocycles. The van der Waals surface area contributed by atoms with Crippen LogP contribution in [0.1, 0.15) is 19.8 Å². The average Bonchev–Trinajstić information content (AvgIpc) is 2.87. The highest BCUT2D eigenvalue weighted by atomic mass is 35.5. The van der Waals surface area contributed by atoms with Gasteiger partial charge in [0.15, 0.2) is 5.75 Å². The number of carbonyl (C=O) groups excluding carboxylic acids is 1. The van der Waals surface area contributed by atoms with Crippen molar-refractivity contribution in [3.63, 3.8) is 0 Å². The van der Waals surface area contributed by atoms with Crippen molar-refractivity contribution in [1.82, 2.24) is 4.31 Å². The van der Waals surface area contributed by atoms with Crippen LogP contribution in [0.2, 0.25) is 10.0 Å². The van der Waals surface area contributed by atoms with Crippen LogP contribution in [0.15, 0.2) is 71.6 Å². The molecule has 1 atom stereocenters. The number of carbonyl (C=O) groups is 1. The van der Waals surface area contributed by atoms with E-state index in [1.807, 2.05) is 25.1 Å². The van der Waals surface area contributed by atoms with Crippen LogP contribution in [0.25, 0.3) is 0 Å². The van der Waals surface area contributed by atoms with Crippen LogP contribution in [-0.4, -0.2) is 38.3 Å². The van der Waals surface area contributed by atoms with Gasteiger partial charge in [-0.3, -0.25) is 4.79 Å². The van der Waals surface area contributed by atoms with Crippen molar-refractivity contribution >= 4 is 44.8 Å². The molecule has 0 aliphatic carbocycles. The monoisotopic (exact) mass is 548 g/mol. The maximum Gasteiger partial charge on any atom is 0.243 e. The van der Waals surface area contributed by atoms with Crippen molar-refractivity contribution in [3.05, 3.63) is 76.8 Å². The van der Waals surface area contributed by atoms with Gasteiger partial charge in [0, 0.05) is 18.1 Å². The summed E-state index contributed by atoms with van der Waals surface area (Å²) in [4.78, 5) is 13.3. The van der Waals surface area contributed by atoms with Crippen LogP contribution < -0.4 is 14.8 Å². The Labute approximate surface area is 221 Å². The number of piperidine rings is 1. The number of rotatable bonds is 8. The predicted octanol–water partition coefficient (Wildman–Crippen LogP) is 6.22. The van der Waals surface area contributed by atoms with Crippen LogP contribution >= 0.6 is 23.2 Å². The quantitative estimate of drug-likeness (QED) is 0.361. The zero-order valence-corrected chi connectivity index (χ0v) is 21.9. The molecule has 0 spiro atoms. The van der Waals surface area contributed by atoms with Gasteiger partial charge in [0.25, 0.3) is 0 Å². The van der Waals surface area contributed by atoms with Gasteiger partial charge in [0.1, 0.15) is 11.5 Å². The molecule has 1 heterocycles. The molecule has 0 radical (unpaired) electrons. The molecule has 0 aromatic heterocycles. The Kier molecular flexibility index (Phi) is 8.41. The molecular formula is C26H26Cl2N2O5S. The largest absolute Gasteiger partial charge is 0.492 e. The van der Waals surface area contributed by atoms with E-state index in [1.54, 1.807) is 36.4 Å². The van der Waals surface area contributed by atoms with Crippen molar-refractivity contribution in [3.8, 4) is 17.2 Å². The van der Waals surface area contributed by atoms with Crippen LogP contribution in [0.4, 0.5) is 5.69 Å². The molecule has 1 aliphatic rings. The Hall–Kier alpha value is -2.78. The predicted molar refractivity (Wildman–Crippen MR) is 141 cm³/mol. The normalized spacial score (nSPS) is 16.4. The number of nitrogens with one attached hydrogen (secondary N) is 1. The molecular weight excluding hydrogens is 523 g/mol. The molecule has 1 amide bonds. The van der Waals surface area contributed by atoms with Gasteiger partial charge >= 0.3 is 0 Å². The number of hydrogen-bond acceptors (Lipinski definition) is 5. The van der Waals surface area contributed by atoms with Gasteiger partial charge in [-0.15, -0.1) is 0 Å². The number of halogens is 2. The lowest BCUT2D eigenvalue weighted by atomic mass is 9.98. The van der Waals surface area contributed by atoms with E-state index in [2.05, 4.69) is 5.32 Å². The molecule has 36 heavy (non-hydrogen) atoms. The summed E-state index contributed by atoms with van der Waals surface area (Å²) in [7, 11) is -3.84. The summed E-state index contributed by atoms with van der Waals surface area (Å²) in [5, 5.41) is 3.53. The summed E-state index contributed by atoms with van der Waals surface area (Å²) >= 11 is 12.4. The lowest BCUT2D eigenvalue weighted by Gasteiger charge is -2.31. The molecule has 0 saturated carbocycles. The van der Waals surface area contributed by atoms with Gasteiger partial charge in [0.2, 0.25) is 15.9 Å². The summed E-state index contributed by atoms with van der Waals surface area (Å²) in [6.45, 7) is 2.60. The van der Waals surface area contributed by atoms with Crippen molar-refractivity contribution in [2.75, 3.05) is 25.0 Å². The molecule has 1 N–H and O–H groups in total. The van der Waals surface area contributed by atoms with E-state index in [-0.39, 0.29) is 22.4 Å². The first kappa shape index (κ1) is 26.3. The number of anilines is 1. The smallest absolute Gasteiger partial charge is 0.243 e. The molecule has 190 valence electrons. The Morgan fingerprint density at radius 2 is 1.81 bits per heavy atom. The molecule has 3 aromatic carbocycles. The standard InChI is InChI=1S/C26H26Cl2N2O5S/c1-2-34-24-13-11-21(16-22(24)28)36(32,33)30-14-6-7-18(17-30)26(31)29-23-15-19(27)10-12-25(23)35-20-8-4-3-5-9-20/h3-5,8-13,15-16,18H,2,6-7,14,17H2,1H3,(H,29,31)/t18-/m1/s1. The van der Waals surface area contributed by atoms with Crippen LogP contribution in [0, 0.1) is 5.92 Å². The molecule has 0 unspecified atom stereocenters. The lowest BCUT2D eigenvalue weighted by molar-refractivity contribution is -0.120. The number of benzene rings is 3. The molecule has 1 fully saturated rings. The topological polar surface area (TPSA) is 84.9 Å². The van der Waals surface area contributed by atoms with Gasteiger partial charge in [-0.2, -0.15) is 4.31 Å². The van der Waals surface area contributed by atoms with Gasteiger partial charge in [-0.1, -0.05) is 41.4 Å². The summed E-state index contributed by atoms with van der Waals surface area (Å²) in [5.74, 6) is 0.613. The number of sulfonamides is 1. The second kappa shape index (κ2) is 11.5. The third-order valence-electron chi connectivity index (χ3n) is 5.77. The van der Waals surface area contributed by atoms with Crippen LogP contribution in [0.3, 0.4) is 0 Å². The molecule has 10 heteroatoms. The third-order valence-corrected chi connectivity index (χ3v) is 8.16. The molecule has 0 bridgehead atoms. The van der Waals surface area contributed by atoms with E-state index < -0.39 is 15.9 Å². The molecule has 1 saturated heterocycles. The van der Waals surface area contributed by atoms with Crippen molar-refractivity contribution in [2.45, 2.75) is 24.7 Å². The van der Waals surface area contributed by atoms with E-state index in [4.69, 9.17) is 32.7 Å². The van der Waals surface area contributed by atoms with E-state index in [0.29, 0.717) is 54.0 Å². The Morgan fingerprint density at radius 3 is 2.53 bits per heavy atom. The molecule has 3 aromatic rings. The molecule has 7 nitrogen and oxygen atoms in total. The highest BCUT2D eigenvalue weighted by Gasteiger charge is 2.34. The van der Waals surface area contributed by atoms with E-state index in [0.717, 1.165) is 0 Å². The zero-order valence-electron chi connectivity index (χ0n) is 19.6. The lowest BCUT2D eigenvalue weighted by Crippen LogP contribution is -2.43. The number of nitrogens with zero attached hydrogens (tertiary/aromatic N) is 1. The van der Waals surface area contributed by atoms with E-state index in [1.165, 1.54) is 16.4 Å². The summed E-state index contributed by atoms with van der Waals surface area (Å²) < 4.78 is 39.2. The van der Waals surface area contributed by atoms with Gasteiger partial charge in [-0.25, -0.2) is 8.42 Å². The minimum Gasteiger partial charge on any atom is -0.492 e.